The van der Waals surface area contributed by atoms with Crippen LogP contribution in [0.5, 0.6) is 0 Å². The minimum atomic E-state index is -0.329. The predicted octanol–water partition coefficient (Wildman–Crippen LogP) is 5.26. The molecule has 0 bridgehead atoms. The van der Waals surface area contributed by atoms with Crippen LogP contribution in [0.25, 0.3) is 0 Å². The largest absolute Gasteiger partial charge is 0.462 e. The number of fused-ring (bicyclic) bond motifs is 1. The van der Waals surface area contributed by atoms with E-state index >= 15 is 0 Å². The van der Waals surface area contributed by atoms with Crippen molar-refractivity contribution in [2.45, 2.75) is 53.4 Å². The molecule has 0 saturated carbocycles. The Kier molecular flexibility index (Phi) is 6.23. The molecular formula is C23H29NO3S. The number of anilines is 1. The number of thiophene rings is 1. The molecule has 1 unspecified atom stereocenters. The number of benzene rings is 1. The minimum Gasteiger partial charge on any atom is -0.462 e. The second kappa shape index (κ2) is 8.48. The second-order valence-corrected chi connectivity index (χ2v) is 9.55. The van der Waals surface area contributed by atoms with Crippen LogP contribution < -0.4 is 5.32 Å². The molecule has 28 heavy (non-hydrogen) atoms. The highest BCUT2D eigenvalue weighted by atomic mass is 32.1. The quantitative estimate of drug-likeness (QED) is 0.698. The fourth-order valence-electron chi connectivity index (χ4n) is 3.78. The molecular weight excluding hydrogens is 370 g/mol. The molecule has 1 aliphatic rings. The van der Waals surface area contributed by atoms with Gasteiger partial charge in [-0.15, -0.1) is 11.3 Å². The topological polar surface area (TPSA) is 55.4 Å². The minimum absolute atomic E-state index is 0.109. The van der Waals surface area contributed by atoms with Crippen molar-refractivity contribution < 1.29 is 14.3 Å². The van der Waals surface area contributed by atoms with E-state index in [0.717, 1.165) is 30.4 Å². The summed E-state index contributed by atoms with van der Waals surface area (Å²) in [5.41, 5.74) is 2.81. The van der Waals surface area contributed by atoms with Gasteiger partial charge in [0, 0.05) is 4.88 Å². The monoisotopic (exact) mass is 399 g/mol. The summed E-state index contributed by atoms with van der Waals surface area (Å²) in [5.74, 6) is 0.133. The molecule has 1 amide bonds. The Hall–Kier alpha value is -2.14. The normalized spacial score (nSPS) is 16.4. The van der Waals surface area contributed by atoms with Crippen LogP contribution in [-0.2, 0) is 28.8 Å². The van der Waals surface area contributed by atoms with Crippen LogP contribution in [-0.4, -0.2) is 18.5 Å². The first kappa shape index (κ1) is 20.6. The molecule has 1 aromatic heterocycles. The average Bonchev–Trinajstić information content (AvgIpc) is 2.98. The highest BCUT2D eigenvalue weighted by Gasteiger charge is 2.34. The lowest BCUT2D eigenvalue weighted by molar-refractivity contribution is -0.115. The maximum absolute atomic E-state index is 12.6. The van der Waals surface area contributed by atoms with Gasteiger partial charge in [-0.1, -0.05) is 51.1 Å². The van der Waals surface area contributed by atoms with Crippen molar-refractivity contribution in [3.63, 3.8) is 0 Å². The van der Waals surface area contributed by atoms with Gasteiger partial charge in [0.05, 0.1) is 18.6 Å². The standard InChI is InChI=1S/C23H29NO3S/c1-5-27-22(26)20-17-12-11-16(23(2,3)4)14-18(17)28-21(20)24-19(25)13-15-9-7-6-8-10-15/h6-10,16H,5,11-14H2,1-4H3,(H,24,25). The first-order valence-corrected chi connectivity index (χ1v) is 10.8. The molecule has 5 heteroatoms. The third-order valence-electron chi connectivity index (χ3n) is 5.43. The van der Waals surface area contributed by atoms with E-state index in [9.17, 15) is 9.59 Å². The lowest BCUT2D eigenvalue weighted by atomic mass is 9.72. The number of hydrogen-bond donors (Lipinski definition) is 1. The molecule has 0 fully saturated rings. The van der Waals surface area contributed by atoms with Gasteiger partial charge >= 0.3 is 5.97 Å². The molecule has 1 atom stereocenters. The number of carbonyl (C=O) groups is 2. The molecule has 0 saturated heterocycles. The van der Waals surface area contributed by atoms with Gasteiger partial charge in [0.25, 0.3) is 0 Å². The van der Waals surface area contributed by atoms with E-state index < -0.39 is 0 Å². The highest BCUT2D eigenvalue weighted by Crippen LogP contribution is 2.44. The van der Waals surface area contributed by atoms with Crippen molar-refractivity contribution in [2.75, 3.05) is 11.9 Å². The van der Waals surface area contributed by atoms with Crippen molar-refractivity contribution in [3.8, 4) is 0 Å². The molecule has 150 valence electrons. The van der Waals surface area contributed by atoms with E-state index in [0.29, 0.717) is 23.1 Å². The first-order chi connectivity index (χ1) is 13.3. The van der Waals surface area contributed by atoms with Crippen molar-refractivity contribution in [1.29, 1.82) is 0 Å². The average molecular weight is 400 g/mol. The lowest BCUT2D eigenvalue weighted by Crippen LogP contribution is -2.26. The van der Waals surface area contributed by atoms with Crippen molar-refractivity contribution >= 4 is 28.2 Å². The number of amides is 1. The van der Waals surface area contributed by atoms with Crippen molar-refractivity contribution in [2.24, 2.45) is 11.3 Å². The van der Waals surface area contributed by atoms with Crippen LogP contribution in [0.4, 0.5) is 5.00 Å². The van der Waals surface area contributed by atoms with E-state index in [4.69, 9.17) is 4.74 Å². The fraction of sp³-hybridized carbons (Fsp3) is 0.478. The summed E-state index contributed by atoms with van der Waals surface area (Å²) in [6.45, 7) is 8.94. The number of carbonyl (C=O) groups excluding carboxylic acids is 2. The smallest absolute Gasteiger partial charge is 0.341 e. The van der Waals surface area contributed by atoms with Gasteiger partial charge in [0.15, 0.2) is 0 Å². The number of nitrogens with one attached hydrogen (secondary N) is 1. The summed E-state index contributed by atoms with van der Waals surface area (Å²) in [5, 5.41) is 3.63. The Bertz CT molecular complexity index is 849. The molecule has 3 rings (SSSR count). The Labute approximate surface area is 171 Å². The summed E-state index contributed by atoms with van der Waals surface area (Å²) in [4.78, 5) is 26.5. The van der Waals surface area contributed by atoms with Gasteiger partial charge in [0.2, 0.25) is 5.91 Å². The Morgan fingerprint density at radius 2 is 1.93 bits per heavy atom. The summed E-state index contributed by atoms with van der Waals surface area (Å²) in [6, 6.07) is 9.63. The molecule has 1 heterocycles. The third-order valence-corrected chi connectivity index (χ3v) is 6.60. The SMILES string of the molecule is CCOC(=O)c1c(NC(=O)Cc2ccccc2)sc2c1CCC(C(C)(C)C)C2. The highest BCUT2D eigenvalue weighted by molar-refractivity contribution is 7.17. The van der Waals surface area contributed by atoms with E-state index in [1.165, 1.54) is 4.88 Å². The molecule has 4 nitrogen and oxygen atoms in total. The number of hydrogen-bond acceptors (Lipinski definition) is 4. The van der Waals surface area contributed by atoms with Crippen LogP contribution in [0.1, 0.15) is 60.5 Å². The maximum atomic E-state index is 12.6. The van der Waals surface area contributed by atoms with E-state index in [1.54, 1.807) is 18.3 Å². The molecule has 1 aliphatic carbocycles. The van der Waals surface area contributed by atoms with Crippen LogP contribution in [0, 0.1) is 11.3 Å². The summed E-state index contributed by atoms with van der Waals surface area (Å²) in [7, 11) is 0. The zero-order valence-corrected chi connectivity index (χ0v) is 17.9. The van der Waals surface area contributed by atoms with E-state index in [1.807, 2.05) is 30.3 Å². The number of ether oxygens (including phenoxy) is 1. The van der Waals surface area contributed by atoms with Crippen molar-refractivity contribution in [1.82, 2.24) is 0 Å². The van der Waals surface area contributed by atoms with Crippen LogP contribution in [0.15, 0.2) is 30.3 Å². The first-order valence-electron chi connectivity index (χ1n) is 9.95. The second-order valence-electron chi connectivity index (χ2n) is 8.44. The van der Waals surface area contributed by atoms with Gasteiger partial charge in [-0.05, 0) is 48.6 Å². The molecule has 1 aromatic carbocycles. The number of rotatable bonds is 5. The Morgan fingerprint density at radius 1 is 1.21 bits per heavy atom. The summed E-state index contributed by atoms with van der Waals surface area (Å²) < 4.78 is 5.30. The predicted molar refractivity (Wildman–Crippen MR) is 114 cm³/mol. The van der Waals surface area contributed by atoms with Crippen LogP contribution in [0.2, 0.25) is 0 Å². The zero-order valence-electron chi connectivity index (χ0n) is 17.1. The fourth-order valence-corrected chi connectivity index (χ4v) is 5.12. The van der Waals surface area contributed by atoms with Crippen molar-refractivity contribution in [3.05, 3.63) is 51.9 Å². The molecule has 2 aromatic rings. The van der Waals surface area contributed by atoms with Gasteiger partial charge in [0.1, 0.15) is 5.00 Å². The zero-order chi connectivity index (χ0) is 20.3. The molecule has 1 N–H and O–H groups in total. The Morgan fingerprint density at radius 3 is 2.57 bits per heavy atom. The van der Waals surface area contributed by atoms with Gasteiger partial charge in [-0.3, -0.25) is 4.79 Å². The Balaban J connectivity index is 1.86. The molecule has 0 radical (unpaired) electrons. The molecule has 0 spiro atoms. The van der Waals surface area contributed by atoms with Gasteiger partial charge in [-0.2, -0.15) is 0 Å². The van der Waals surface area contributed by atoms with Crippen LogP contribution >= 0.6 is 11.3 Å². The summed E-state index contributed by atoms with van der Waals surface area (Å²) in [6.07, 6.45) is 3.15. The van der Waals surface area contributed by atoms with Gasteiger partial charge in [-0.25, -0.2) is 4.79 Å². The molecule has 0 aliphatic heterocycles. The van der Waals surface area contributed by atoms with E-state index in [-0.39, 0.29) is 23.7 Å². The van der Waals surface area contributed by atoms with Gasteiger partial charge < -0.3 is 10.1 Å². The lowest BCUT2D eigenvalue weighted by Gasteiger charge is -2.33. The van der Waals surface area contributed by atoms with E-state index in [2.05, 4.69) is 26.1 Å². The third kappa shape index (κ3) is 4.64. The maximum Gasteiger partial charge on any atom is 0.341 e. The number of esters is 1. The summed E-state index contributed by atoms with van der Waals surface area (Å²) >= 11 is 1.54. The van der Waals surface area contributed by atoms with Crippen LogP contribution in [0.3, 0.4) is 0 Å².